The molecule has 2 aromatic rings. The number of benzene rings is 1. The number of aliphatic carboxylic acids is 1. The molecule has 1 aliphatic rings. The second kappa shape index (κ2) is 29.7. The van der Waals surface area contributed by atoms with E-state index in [2.05, 4.69) is 86.5 Å². The number of carboxylic acid groups (broad SMARTS) is 1. The van der Waals surface area contributed by atoms with Crippen LogP contribution in [0.15, 0.2) is 46.1 Å². The van der Waals surface area contributed by atoms with E-state index in [0.717, 1.165) is 4.57 Å². The maximum Gasteiger partial charge on any atom is 0.333 e. The summed E-state index contributed by atoms with van der Waals surface area (Å²) in [5.41, 5.74) is 3.82. The number of aliphatic hydroxyl groups excluding tert-OH is 1. The summed E-state index contributed by atoms with van der Waals surface area (Å²) in [6.45, 7) is 32.8. The highest BCUT2D eigenvalue weighted by molar-refractivity contribution is 6.74. The molecule has 3 rings (SSSR count). The van der Waals surface area contributed by atoms with Crippen molar-refractivity contribution >= 4 is 52.4 Å². The molecular formula is C56H98N10O14Si2. The van der Waals surface area contributed by atoms with Crippen LogP contribution in [0.1, 0.15) is 127 Å². The lowest BCUT2D eigenvalue weighted by molar-refractivity contribution is -0.166. The van der Waals surface area contributed by atoms with Gasteiger partial charge in [0.15, 0.2) is 28.8 Å². The van der Waals surface area contributed by atoms with E-state index >= 15 is 0 Å². The van der Waals surface area contributed by atoms with Crippen molar-refractivity contribution < 1.29 is 57.2 Å². The summed E-state index contributed by atoms with van der Waals surface area (Å²) in [6.07, 6.45) is -4.36. The third kappa shape index (κ3) is 20.6. The van der Waals surface area contributed by atoms with Crippen LogP contribution in [0.4, 0.5) is 4.79 Å². The van der Waals surface area contributed by atoms with Gasteiger partial charge in [-0.15, -0.1) is 0 Å². The van der Waals surface area contributed by atoms with Crippen LogP contribution < -0.4 is 53.6 Å². The van der Waals surface area contributed by atoms with Crippen molar-refractivity contribution in [2.45, 2.75) is 219 Å². The van der Waals surface area contributed by atoms with Gasteiger partial charge in [-0.25, -0.2) is 14.4 Å². The molecule has 464 valence electrons. The fourth-order valence-corrected chi connectivity index (χ4v) is 11.0. The topological polar surface area (TPSA) is 338 Å². The molecule has 24 nitrogen and oxygen atoms in total. The van der Waals surface area contributed by atoms with Crippen LogP contribution in [0.5, 0.6) is 5.75 Å². The number of nitrogens with zero attached hydrogens (tertiary/aromatic N) is 2. The van der Waals surface area contributed by atoms with Gasteiger partial charge in [-0.1, -0.05) is 81.4 Å². The lowest BCUT2D eigenvalue weighted by atomic mass is 9.99. The zero-order chi connectivity index (χ0) is 62.5. The number of ether oxygens (including phenoxy) is 3. The molecule has 0 spiro atoms. The second-order valence-corrected chi connectivity index (χ2v) is 35.5. The van der Waals surface area contributed by atoms with Crippen LogP contribution in [0.3, 0.4) is 0 Å². The van der Waals surface area contributed by atoms with Gasteiger partial charge in [0.2, 0.25) is 11.8 Å². The smallest absolute Gasteiger partial charge is 0.333 e. The quantitative estimate of drug-likeness (QED) is 0.0176. The predicted octanol–water partition coefficient (Wildman–Crippen LogP) is 4.48. The van der Waals surface area contributed by atoms with Gasteiger partial charge in [0, 0.05) is 25.4 Å². The maximum atomic E-state index is 14.7. The minimum atomic E-state index is -2.83. The maximum absolute atomic E-state index is 14.7. The monoisotopic (exact) mass is 1190 g/mol. The van der Waals surface area contributed by atoms with Gasteiger partial charge in [-0.2, -0.15) is 0 Å². The van der Waals surface area contributed by atoms with Crippen molar-refractivity contribution in [2.24, 2.45) is 17.6 Å². The molecule has 9 atom stereocenters. The Kier molecular flexibility index (Phi) is 25.6. The van der Waals surface area contributed by atoms with Crippen molar-refractivity contribution in [1.29, 1.82) is 5.41 Å². The molecule has 1 saturated heterocycles. The van der Waals surface area contributed by atoms with E-state index in [1.165, 1.54) is 23.9 Å². The molecular weight excluding hydrogens is 1090 g/mol. The molecule has 82 heavy (non-hydrogen) atoms. The lowest BCUT2D eigenvalue weighted by Crippen LogP contribution is -2.59. The van der Waals surface area contributed by atoms with E-state index in [9.17, 15) is 43.8 Å². The number of aromatic nitrogens is 2. The summed E-state index contributed by atoms with van der Waals surface area (Å²) in [7, 11) is -4.09. The number of nitrogens with one attached hydrogen (secondary N) is 7. The minimum Gasteiger partial charge on any atom is -0.497 e. The van der Waals surface area contributed by atoms with Gasteiger partial charge >= 0.3 is 23.7 Å². The average Bonchev–Trinajstić information content (AvgIpc) is 3.69. The SMILES string of the molecule is COc1ccc(Cn2c(=O)ccn([C@@H]3O[C@H](C(O)C(NCCCNC(=O)C(CC(C)C)NC(=O)C(CCCNC(=N)N)NC(=O)NC(C(=O)O)C(C)C)C(=O)OC(C)(C)C)[C@@H](O[Si](C)(C)C(C)(C)C)[C@H]3O[Si](C)(C)C(C)(C)C)c2=O)cc1. The standard InChI is InChI=1S/C56H98N10O14Si2/c1-33(2)31-38(62-47(70)37(21-19-27-61-51(57)58)63-52(74)64-40(34(3)4)49(71)72)46(69)60-29-20-28-59-41(50(73)78-54(5,6)7)42(68)43-44(79-81(15,16)55(8,9)10)45(80-82(17,18)56(11,12)13)48(77-43)65-30-26-39(67)66(53(65)75)32-35-22-24-36(76-14)25-23-35/h22-26,30,33-34,37-38,40-45,48,59,68H,19-21,27-29,31-32H2,1-18H3,(H,60,69)(H,62,70)(H,71,72)(H4,57,58,61)(H2,63,64,74)/t37?,38?,40?,41?,42?,43-,44-,45-,48-/m1/s1. The van der Waals surface area contributed by atoms with Gasteiger partial charge in [-0.05, 0) is 119 Å². The first-order chi connectivity index (χ1) is 37.7. The van der Waals surface area contributed by atoms with Crippen molar-refractivity contribution in [3.05, 3.63) is 62.9 Å². The van der Waals surface area contributed by atoms with Gasteiger partial charge in [-0.3, -0.25) is 33.7 Å². The zero-order valence-corrected chi connectivity index (χ0v) is 53.7. The fourth-order valence-electron chi connectivity index (χ4n) is 8.45. The number of urea groups is 1. The third-order valence-electron chi connectivity index (χ3n) is 15.1. The average molecular weight is 1190 g/mol. The van der Waals surface area contributed by atoms with E-state index < -0.39 is 124 Å². The Balaban J connectivity index is 2.03. The molecule has 5 unspecified atom stereocenters. The van der Waals surface area contributed by atoms with Crippen LogP contribution in [0, 0.1) is 17.2 Å². The van der Waals surface area contributed by atoms with E-state index in [1.54, 1.807) is 58.9 Å². The Labute approximate surface area is 486 Å². The number of hydrogen-bond donors (Lipinski definition) is 10. The molecule has 1 aromatic heterocycles. The summed E-state index contributed by atoms with van der Waals surface area (Å²) in [6, 6.07) is 2.36. The number of rotatable bonds is 29. The first-order valence-electron chi connectivity index (χ1n) is 28.3. The molecule has 0 saturated carbocycles. The van der Waals surface area contributed by atoms with Crippen LogP contribution in [0.2, 0.25) is 36.3 Å². The number of nitrogens with two attached hydrogens (primary N) is 1. The third-order valence-corrected chi connectivity index (χ3v) is 24.0. The Morgan fingerprint density at radius 2 is 1.34 bits per heavy atom. The highest BCUT2D eigenvalue weighted by Crippen LogP contribution is 2.46. The molecule has 2 heterocycles. The number of esters is 1. The Morgan fingerprint density at radius 3 is 1.85 bits per heavy atom. The first-order valence-corrected chi connectivity index (χ1v) is 34.1. The van der Waals surface area contributed by atoms with E-state index in [1.807, 2.05) is 26.9 Å². The van der Waals surface area contributed by atoms with Crippen molar-refractivity contribution in [3.8, 4) is 5.75 Å². The van der Waals surface area contributed by atoms with Crippen LogP contribution in [-0.2, 0) is 44.0 Å². The Morgan fingerprint density at radius 1 is 0.768 bits per heavy atom. The number of methoxy groups -OCH3 is 1. The van der Waals surface area contributed by atoms with Gasteiger partial charge < -0.3 is 70.9 Å². The van der Waals surface area contributed by atoms with E-state index in [-0.39, 0.29) is 73.8 Å². The van der Waals surface area contributed by atoms with E-state index in [4.69, 9.17) is 34.2 Å². The number of carbonyl (C=O) groups is 5. The van der Waals surface area contributed by atoms with E-state index in [0.29, 0.717) is 11.3 Å². The molecule has 1 aliphatic heterocycles. The summed E-state index contributed by atoms with van der Waals surface area (Å²) in [4.78, 5) is 95.4. The molecule has 11 N–H and O–H groups in total. The van der Waals surface area contributed by atoms with Gasteiger partial charge in [0.05, 0.1) is 13.7 Å². The lowest BCUT2D eigenvalue weighted by Gasteiger charge is -2.44. The van der Waals surface area contributed by atoms with Crippen molar-refractivity contribution in [3.63, 3.8) is 0 Å². The van der Waals surface area contributed by atoms with Gasteiger partial charge in [0.25, 0.3) is 5.56 Å². The highest BCUT2D eigenvalue weighted by Gasteiger charge is 2.58. The summed E-state index contributed by atoms with van der Waals surface area (Å²) >= 11 is 0. The highest BCUT2D eigenvalue weighted by atomic mass is 28.4. The van der Waals surface area contributed by atoms with Crippen molar-refractivity contribution in [2.75, 3.05) is 26.7 Å². The van der Waals surface area contributed by atoms with Crippen LogP contribution >= 0.6 is 0 Å². The first kappa shape index (κ1) is 70.6. The largest absolute Gasteiger partial charge is 0.497 e. The number of guanidine groups is 1. The minimum absolute atomic E-state index is 0.0369. The number of amides is 4. The summed E-state index contributed by atoms with van der Waals surface area (Å²) in [5, 5.41) is 45.6. The fraction of sp³-hybridized carbons (Fsp3) is 0.714. The molecule has 0 aliphatic carbocycles. The van der Waals surface area contributed by atoms with Crippen molar-refractivity contribution in [1.82, 2.24) is 41.0 Å². The summed E-state index contributed by atoms with van der Waals surface area (Å²) in [5.74, 6) is -3.54. The molecule has 0 bridgehead atoms. The molecule has 1 aromatic carbocycles. The molecule has 4 amide bonds. The van der Waals surface area contributed by atoms with Gasteiger partial charge in [0.1, 0.15) is 59.9 Å². The molecule has 1 fully saturated rings. The summed E-state index contributed by atoms with van der Waals surface area (Å²) < 4.78 is 35.0. The number of hydrogen-bond acceptors (Lipinski definition) is 15. The number of carbonyl (C=O) groups excluding carboxylic acids is 4. The second-order valence-electron chi connectivity index (χ2n) is 26.0. The Bertz CT molecular complexity index is 2590. The number of aliphatic hydroxyl groups is 1. The predicted molar refractivity (Wildman–Crippen MR) is 319 cm³/mol. The molecule has 0 radical (unpaired) electrons. The normalized spacial score (nSPS) is 18.9. The number of carboxylic acids is 1. The Hall–Kier alpha value is -5.65. The van der Waals surface area contributed by atoms with Crippen LogP contribution in [0.25, 0.3) is 0 Å². The van der Waals surface area contributed by atoms with Crippen LogP contribution in [-0.4, -0.2) is 153 Å². The molecule has 26 heteroatoms. The zero-order valence-electron chi connectivity index (χ0n) is 51.7.